The minimum absolute atomic E-state index is 0.315. The number of rotatable bonds is 1. The Labute approximate surface area is 82.3 Å². The molecule has 2 rings (SSSR count). The van der Waals surface area contributed by atoms with E-state index in [1.54, 1.807) is 6.20 Å². The van der Waals surface area contributed by atoms with Crippen LogP contribution in [0.3, 0.4) is 0 Å². The molecule has 4 heteroatoms. The Balaban J connectivity index is 2.50. The fourth-order valence-electron chi connectivity index (χ4n) is 1.72. The Bertz CT molecular complexity index is 388. The zero-order chi connectivity index (χ0) is 10.1. The van der Waals surface area contributed by atoms with E-state index in [-0.39, 0.29) is 5.97 Å². The molecular weight excluding hydrogens is 180 g/mol. The Hall–Kier alpha value is -1.58. The van der Waals surface area contributed by atoms with E-state index in [0.29, 0.717) is 5.56 Å². The molecule has 1 aromatic heterocycles. The van der Waals surface area contributed by atoms with Gasteiger partial charge in [-0.2, -0.15) is 0 Å². The summed E-state index contributed by atoms with van der Waals surface area (Å²) < 4.78 is 4.68. The largest absolute Gasteiger partial charge is 0.465 e. The number of pyridine rings is 1. The standard InChI is InChI=1S/C10H12N2O2/c1-6-7-3-4-11-9(7)12-5-8(6)10(13)14-2/h5H,3-4H2,1-2H3,(H,11,12). The third kappa shape index (κ3) is 1.23. The van der Waals surface area contributed by atoms with Gasteiger partial charge in [-0.3, -0.25) is 0 Å². The molecule has 0 spiro atoms. The molecule has 0 atom stereocenters. The van der Waals surface area contributed by atoms with Crippen molar-refractivity contribution in [3.8, 4) is 0 Å². The van der Waals surface area contributed by atoms with Crippen LogP contribution in [0.5, 0.6) is 0 Å². The molecule has 1 aliphatic heterocycles. The highest BCUT2D eigenvalue weighted by Gasteiger charge is 2.19. The van der Waals surface area contributed by atoms with Crippen LogP contribution in [0.4, 0.5) is 5.82 Å². The normalized spacial score (nSPS) is 13.3. The number of carbonyl (C=O) groups excluding carboxylic acids is 1. The lowest BCUT2D eigenvalue weighted by Gasteiger charge is -2.07. The lowest BCUT2D eigenvalue weighted by molar-refractivity contribution is 0.0599. The molecule has 14 heavy (non-hydrogen) atoms. The molecule has 0 aromatic carbocycles. The van der Waals surface area contributed by atoms with E-state index in [1.165, 1.54) is 7.11 Å². The molecule has 0 saturated heterocycles. The van der Waals surface area contributed by atoms with Gasteiger partial charge in [0.25, 0.3) is 0 Å². The van der Waals surface area contributed by atoms with Gasteiger partial charge in [0.1, 0.15) is 5.82 Å². The SMILES string of the molecule is COC(=O)c1cnc2c(c1C)CCN2. The van der Waals surface area contributed by atoms with Crippen LogP contribution in [0.15, 0.2) is 6.20 Å². The highest BCUT2D eigenvalue weighted by atomic mass is 16.5. The van der Waals surface area contributed by atoms with Crippen molar-refractivity contribution < 1.29 is 9.53 Å². The average molecular weight is 192 g/mol. The molecule has 0 amide bonds. The molecule has 0 radical (unpaired) electrons. The van der Waals surface area contributed by atoms with Crippen molar-refractivity contribution in [1.29, 1.82) is 0 Å². The van der Waals surface area contributed by atoms with Gasteiger partial charge in [0, 0.05) is 12.7 Å². The molecule has 0 aliphatic carbocycles. The Morgan fingerprint density at radius 3 is 3.14 bits per heavy atom. The van der Waals surface area contributed by atoms with E-state index >= 15 is 0 Å². The van der Waals surface area contributed by atoms with Crippen LogP contribution >= 0.6 is 0 Å². The van der Waals surface area contributed by atoms with Gasteiger partial charge < -0.3 is 10.1 Å². The summed E-state index contributed by atoms with van der Waals surface area (Å²) in [5.41, 5.74) is 2.68. The monoisotopic (exact) mass is 192 g/mol. The van der Waals surface area contributed by atoms with Crippen molar-refractivity contribution in [3.63, 3.8) is 0 Å². The number of anilines is 1. The van der Waals surface area contributed by atoms with Crippen LogP contribution in [0, 0.1) is 6.92 Å². The smallest absolute Gasteiger partial charge is 0.339 e. The molecule has 0 unspecified atom stereocenters. The summed E-state index contributed by atoms with van der Waals surface area (Å²) in [7, 11) is 1.38. The first kappa shape index (κ1) is 8.99. The first-order chi connectivity index (χ1) is 6.74. The maximum Gasteiger partial charge on any atom is 0.339 e. The number of nitrogens with one attached hydrogen (secondary N) is 1. The van der Waals surface area contributed by atoms with Gasteiger partial charge in [-0.15, -0.1) is 0 Å². The molecule has 0 bridgehead atoms. The van der Waals surface area contributed by atoms with Crippen molar-refractivity contribution in [2.75, 3.05) is 19.0 Å². The predicted molar refractivity (Wildman–Crippen MR) is 52.5 cm³/mol. The first-order valence-corrected chi connectivity index (χ1v) is 4.54. The number of ether oxygens (including phenoxy) is 1. The lowest BCUT2D eigenvalue weighted by atomic mass is 10.0. The topological polar surface area (TPSA) is 51.2 Å². The summed E-state index contributed by atoms with van der Waals surface area (Å²) in [4.78, 5) is 15.5. The van der Waals surface area contributed by atoms with Gasteiger partial charge in [0.05, 0.1) is 12.7 Å². The number of nitrogens with zero attached hydrogens (tertiary/aromatic N) is 1. The second-order valence-electron chi connectivity index (χ2n) is 3.29. The zero-order valence-corrected chi connectivity index (χ0v) is 8.26. The molecule has 0 fully saturated rings. The molecule has 4 nitrogen and oxygen atoms in total. The minimum Gasteiger partial charge on any atom is -0.465 e. The van der Waals surface area contributed by atoms with Crippen LogP contribution in [-0.4, -0.2) is 24.6 Å². The van der Waals surface area contributed by atoms with E-state index in [1.807, 2.05) is 6.92 Å². The number of aromatic nitrogens is 1. The van der Waals surface area contributed by atoms with Crippen LogP contribution in [0.1, 0.15) is 21.5 Å². The zero-order valence-electron chi connectivity index (χ0n) is 8.26. The van der Waals surface area contributed by atoms with E-state index in [2.05, 4.69) is 15.0 Å². The number of hydrogen-bond acceptors (Lipinski definition) is 4. The van der Waals surface area contributed by atoms with Gasteiger partial charge >= 0.3 is 5.97 Å². The summed E-state index contributed by atoms with van der Waals surface area (Å²) in [6, 6.07) is 0. The average Bonchev–Trinajstić information content (AvgIpc) is 2.66. The molecule has 1 aromatic rings. The van der Waals surface area contributed by atoms with Gasteiger partial charge in [0.2, 0.25) is 0 Å². The number of fused-ring (bicyclic) bond motifs is 1. The minimum atomic E-state index is -0.315. The predicted octanol–water partition coefficient (Wildman–Crippen LogP) is 1.14. The van der Waals surface area contributed by atoms with E-state index in [4.69, 9.17) is 0 Å². The van der Waals surface area contributed by atoms with Gasteiger partial charge in [-0.25, -0.2) is 9.78 Å². The number of esters is 1. The summed E-state index contributed by atoms with van der Waals surface area (Å²) in [5, 5.41) is 3.16. The van der Waals surface area contributed by atoms with Crippen LogP contribution < -0.4 is 5.32 Å². The lowest BCUT2D eigenvalue weighted by Crippen LogP contribution is -2.06. The summed E-state index contributed by atoms with van der Waals surface area (Å²) in [6.45, 7) is 2.83. The summed E-state index contributed by atoms with van der Waals surface area (Å²) in [6.07, 6.45) is 2.50. The van der Waals surface area contributed by atoms with Crippen LogP contribution in [0.2, 0.25) is 0 Å². The maximum absolute atomic E-state index is 11.4. The van der Waals surface area contributed by atoms with Crippen molar-refractivity contribution >= 4 is 11.8 Å². The van der Waals surface area contributed by atoms with E-state index in [0.717, 1.165) is 29.9 Å². The van der Waals surface area contributed by atoms with Crippen molar-refractivity contribution in [3.05, 3.63) is 22.9 Å². The molecule has 2 heterocycles. The van der Waals surface area contributed by atoms with Gasteiger partial charge in [-0.05, 0) is 24.5 Å². The molecule has 0 saturated carbocycles. The van der Waals surface area contributed by atoms with Crippen molar-refractivity contribution in [1.82, 2.24) is 4.98 Å². The van der Waals surface area contributed by atoms with Gasteiger partial charge in [-0.1, -0.05) is 0 Å². The van der Waals surface area contributed by atoms with E-state index in [9.17, 15) is 4.79 Å². The quantitative estimate of drug-likeness (QED) is 0.678. The highest BCUT2D eigenvalue weighted by Crippen LogP contribution is 2.25. The fraction of sp³-hybridized carbons (Fsp3) is 0.400. The molecular formula is C10H12N2O2. The molecule has 1 N–H and O–H groups in total. The Kier molecular flexibility index (Phi) is 2.11. The van der Waals surface area contributed by atoms with Crippen LogP contribution in [-0.2, 0) is 11.2 Å². The molecule has 1 aliphatic rings. The summed E-state index contributed by atoms with van der Waals surface area (Å²) >= 11 is 0. The van der Waals surface area contributed by atoms with Crippen molar-refractivity contribution in [2.45, 2.75) is 13.3 Å². The second kappa shape index (κ2) is 3.29. The first-order valence-electron chi connectivity index (χ1n) is 4.54. The van der Waals surface area contributed by atoms with E-state index < -0.39 is 0 Å². The third-order valence-corrected chi connectivity index (χ3v) is 2.54. The Morgan fingerprint density at radius 1 is 1.64 bits per heavy atom. The molecule has 74 valence electrons. The Morgan fingerprint density at radius 2 is 2.43 bits per heavy atom. The van der Waals surface area contributed by atoms with Crippen molar-refractivity contribution in [2.24, 2.45) is 0 Å². The van der Waals surface area contributed by atoms with Crippen LogP contribution in [0.25, 0.3) is 0 Å². The maximum atomic E-state index is 11.4. The second-order valence-corrected chi connectivity index (χ2v) is 3.29. The highest BCUT2D eigenvalue weighted by molar-refractivity contribution is 5.91. The number of hydrogen-bond donors (Lipinski definition) is 1. The number of carbonyl (C=O) groups is 1. The third-order valence-electron chi connectivity index (χ3n) is 2.54. The fourth-order valence-corrected chi connectivity index (χ4v) is 1.72. The van der Waals surface area contributed by atoms with Gasteiger partial charge in [0.15, 0.2) is 0 Å². The summed E-state index contributed by atoms with van der Waals surface area (Å²) in [5.74, 6) is 0.583. The number of methoxy groups -OCH3 is 1.